The zero-order valence-corrected chi connectivity index (χ0v) is 25.8. The molecule has 3 heterocycles. The predicted octanol–water partition coefficient (Wildman–Crippen LogP) is 3.39. The monoisotopic (exact) mass is 611 g/mol. The number of nitriles is 1. The summed E-state index contributed by atoms with van der Waals surface area (Å²) in [6.07, 6.45) is 2.32. The van der Waals surface area contributed by atoms with Gasteiger partial charge in [-0.3, -0.25) is 14.5 Å². The highest BCUT2D eigenvalue weighted by atomic mass is 32.2. The fourth-order valence-electron chi connectivity index (χ4n) is 6.45. The maximum atomic E-state index is 12.8. The largest absolute Gasteiger partial charge is 0.504 e. The number of esters is 2. The van der Waals surface area contributed by atoms with Gasteiger partial charge in [0.2, 0.25) is 12.6 Å². The van der Waals surface area contributed by atoms with E-state index in [-0.39, 0.29) is 30.7 Å². The van der Waals surface area contributed by atoms with Crippen molar-refractivity contribution in [1.82, 2.24) is 9.80 Å². The normalized spacial score (nSPS) is 21.7. The lowest BCUT2D eigenvalue weighted by molar-refractivity contribution is -0.154. The molecule has 1 saturated heterocycles. The highest BCUT2D eigenvalue weighted by Gasteiger charge is 2.52. The van der Waals surface area contributed by atoms with Crippen molar-refractivity contribution in [2.24, 2.45) is 0 Å². The van der Waals surface area contributed by atoms with Crippen molar-refractivity contribution in [2.45, 2.75) is 51.1 Å². The molecule has 0 amide bonds. The van der Waals surface area contributed by atoms with Gasteiger partial charge in [-0.2, -0.15) is 5.26 Å². The Hall–Kier alpha value is -4.15. The van der Waals surface area contributed by atoms with Gasteiger partial charge in [0.25, 0.3) is 0 Å². The van der Waals surface area contributed by atoms with Crippen LogP contribution in [-0.4, -0.2) is 79.0 Å². The minimum Gasteiger partial charge on any atom is -0.504 e. The summed E-state index contributed by atoms with van der Waals surface area (Å²) in [7, 11) is 5.13. The van der Waals surface area contributed by atoms with Crippen LogP contribution < -0.4 is 18.9 Å². The molecule has 228 valence electrons. The molecule has 2 bridgehead atoms. The van der Waals surface area contributed by atoms with Crippen molar-refractivity contribution in [3.05, 3.63) is 39.4 Å². The molecule has 3 aliphatic rings. The first kappa shape index (κ1) is 30.3. The van der Waals surface area contributed by atoms with Gasteiger partial charge >= 0.3 is 11.9 Å². The molecule has 4 atom stereocenters. The Labute approximate surface area is 253 Å². The van der Waals surface area contributed by atoms with Gasteiger partial charge in [0.05, 0.1) is 30.2 Å². The number of carbonyl (C=O) groups excluding carboxylic acids is 3. The van der Waals surface area contributed by atoms with Gasteiger partial charge < -0.3 is 33.7 Å². The van der Waals surface area contributed by atoms with Gasteiger partial charge in [0.1, 0.15) is 18.4 Å². The summed E-state index contributed by atoms with van der Waals surface area (Å²) in [5.74, 6) is -1.38. The number of phenols is 1. The Morgan fingerprint density at radius 3 is 2.47 bits per heavy atom. The molecule has 0 spiro atoms. The number of aromatic hydroxyl groups is 1. The van der Waals surface area contributed by atoms with E-state index in [0.29, 0.717) is 39.5 Å². The molecule has 13 heteroatoms. The van der Waals surface area contributed by atoms with Crippen LogP contribution >= 0.6 is 11.8 Å². The fraction of sp³-hybridized carbons (Fsp3) is 0.467. The average Bonchev–Trinajstić information content (AvgIpc) is 3.44. The van der Waals surface area contributed by atoms with Crippen molar-refractivity contribution in [2.75, 3.05) is 40.4 Å². The number of rotatable bonds is 5. The number of benzene rings is 2. The minimum absolute atomic E-state index is 0.0700. The van der Waals surface area contributed by atoms with Gasteiger partial charge in [-0.15, -0.1) is 11.8 Å². The lowest BCUT2D eigenvalue weighted by atomic mass is 9.79. The number of thioether (sulfide) groups is 1. The summed E-state index contributed by atoms with van der Waals surface area (Å²) >= 11 is 1.13. The van der Waals surface area contributed by atoms with Crippen LogP contribution in [0.1, 0.15) is 57.6 Å². The van der Waals surface area contributed by atoms with Crippen molar-refractivity contribution in [1.29, 1.82) is 5.26 Å². The van der Waals surface area contributed by atoms with Crippen molar-refractivity contribution in [3.63, 3.8) is 0 Å². The SMILES string of the molecule is COc1c(C)cc(C)c(C([C@@H]2[C@@H]3SCC(=O)C(=O)OC[C@@H](c4c5c(c(C)c(OC(C)=O)c43)OCO5)N2C#N)N(C)C)c1O. The predicted molar refractivity (Wildman–Crippen MR) is 154 cm³/mol. The van der Waals surface area contributed by atoms with Gasteiger partial charge in [0.15, 0.2) is 29.2 Å². The van der Waals surface area contributed by atoms with Crippen molar-refractivity contribution >= 4 is 29.5 Å². The molecule has 0 radical (unpaired) electrons. The Morgan fingerprint density at radius 2 is 1.84 bits per heavy atom. The molecular formula is C30H33N3O9S. The zero-order chi connectivity index (χ0) is 31.3. The highest BCUT2D eigenvalue weighted by molar-refractivity contribution is 8.00. The van der Waals surface area contributed by atoms with Crippen LogP contribution in [0.2, 0.25) is 0 Å². The second-order valence-corrected chi connectivity index (χ2v) is 12.1. The zero-order valence-electron chi connectivity index (χ0n) is 25.0. The first-order valence-corrected chi connectivity index (χ1v) is 14.6. The summed E-state index contributed by atoms with van der Waals surface area (Å²) in [6, 6.07) is -0.473. The molecule has 3 aliphatic heterocycles. The van der Waals surface area contributed by atoms with Gasteiger partial charge in [-0.25, -0.2) is 4.79 Å². The number of hydrogen-bond donors (Lipinski definition) is 1. The first-order valence-electron chi connectivity index (χ1n) is 13.6. The fourth-order valence-corrected chi connectivity index (χ4v) is 7.77. The maximum absolute atomic E-state index is 12.8. The van der Waals surface area contributed by atoms with Crippen LogP contribution in [0.25, 0.3) is 0 Å². The molecule has 1 fully saturated rings. The summed E-state index contributed by atoms with van der Waals surface area (Å²) in [6.45, 7) is 6.27. The second kappa shape index (κ2) is 11.5. The molecule has 1 N–H and O–H groups in total. The Bertz CT molecular complexity index is 1570. The maximum Gasteiger partial charge on any atom is 0.375 e. The third-order valence-corrected chi connectivity index (χ3v) is 9.38. The number of phenolic OH excluding ortho intramolecular Hbond substituents is 1. The van der Waals surface area contributed by atoms with Crippen LogP contribution in [-0.2, 0) is 19.1 Å². The third kappa shape index (κ3) is 4.88. The van der Waals surface area contributed by atoms with E-state index in [0.717, 1.165) is 22.9 Å². The van der Waals surface area contributed by atoms with Crippen LogP contribution in [0.15, 0.2) is 6.07 Å². The van der Waals surface area contributed by atoms with Gasteiger partial charge in [-0.05, 0) is 46.0 Å². The van der Waals surface area contributed by atoms with E-state index in [1.54, 1.807) is 6.92 Å². The summed E-state index contributed by atoms with van der Waals surface area (Å²) in [4.78, 5) is 41.3. The quantitative estimate of drug-likeness (QED) is 0.228. The molecule has 43 heavy (non-hydrogen) atoms. The van der Waals surface area contributed by atoms with Crippen LogP contribution in [0, 0.1) is 32.2 Å². The minimum atomic E-state index is -1.00. The van der Waals surface area contributed by atoms with E-state index >= 15 is 0 Å². The van der Waals surface area contributed by atoms with E-state index in [1.807, 2.05) is 38.9 Å². The molecule has 0 saturated carbocycles. The number of ether oxygens (including phenoxy) is 5. The van der Waals surface area contributed by atoms with E-state index < -0.39 is 41.1 Å². The van der Waals surface area contributed by atoms with E-state index in [2.05, 4.69) is 6.19 Å². The number of Topliss-reactive ketones (excluding diaryl/α,β-unsaturated/α-hetero) is 1. The first-order chi connectivity index (χ1) is 20.4. The summed E-state index contributed by atoms with van der Waals surface area (Å²) < 4.78 is 28.6. The molecule has 2 aromatic rings. The Morgan fingerprint density at radius 1 is 1.14 bits per heavy atom. The number of carbonyl (C=O) groups is 3. The molecular weight excluding hydrogens is 578 g/mol. The van der Waals surface area contributed by atoms with Crippen molar-refractivity contribution < 1.29 is 43.2 Å². The van der Waals surface area contributed by atoms with Crippen molar-refractivity contribution in [3.8, 4) is 34.9 Å². The van der Waals surface area contributed by atoms with E-state index in [9.17, 15) is 24.8 Å². The summed E-state index contributed by atoms with van der Waals surface area (Å²) in [5, 5.41) is 21.6. The number of likely N-dealkylation sites (N-methyl/N-ethyl adjacent to an activating group) is 1. The second-order valence-electron chi connectivity index (χ2n) is 10.9. The molecule has 0 aliphatic carbocycles. The van der Waals surface area contributed by atoms with Crippen LogP contribution in [0.3, 0.4) is 0 Å². The van der Waals surface area contributed by atoms with Crippen LogP contribution in [0.5, 0.6) is 28.7 Å². The van der Waals surface area contributed by atoms with E-state index in [4.69, 9.17) is 23.7 Å². The standard InChI is InChI=1S/C30H33N3O9S/c1-13-8-14(2)25(38-7)24(36)19(13)22(32(5)6)23-29-21-20(17(33(23)11-31)9-39-30(37)18(35)10-43-29)28-27(40-12-41-28)15(3)26(21)42-16(4)34/h8,17,22-23,29,36H,9-10,12H2,1-7H3/t17-,22?,23+,29+/m0/s1. The van der Waals surface area contributed by atoms with Gasteiger partial charge in [-0.1, -0.05) is 6.07 Å². The van der Waals surface area contributed by atoms with Gasteiger partial charge in [0, 0.05) is 29.2 Å². The smallest absolute Gasteiger partial charge is 0.375 e. The average molecular weight is 612 g/mol. The Kier molecular flexibility index (Phi) is 8.11. The molecule has 5 rings (SSSR count). The number of hydrogen-bond acceptors (Lipinski definition) is 13. The molecule has 0 aromatic heterocycles. The number of nitrogens with zero attached hydrogens (tertiary/aromatic N) is 3. The van der Waals surface area contributed by atoms with E-state index in [1.165, 1.54) is 18.9 Å². The lowest BCUT2D eigenvalue weighted by Gasteiger charge is -2.49. The van der Waals surface area contributed by atoms with Crippen LogP contribution in [0.4, 0.5) is 0 Å². The number of aryl methyl sites for hydroxylation is 2. The number of cyclic esters (lactones) is 1. The number of methoxy groups -OCH3 is 1. The number of fused-ring (bicyclic) bond motifs is 8. The molecule has 12 nitrogen and oxygen atoms in total. The summed E-state index contributed by atoms with van der Waals surface area (Å²) in [5.41, 5.74) is 3.56. The topological polar surface area (TPSA) is 148 Å². The molecule has 2 aromatic carbocycles. The molecule has 1 unspecified atom stereocenters. The number of ketones is 1. The third-order valence-electron chi connectivity index (χ3n) is 8.08. The highest BCUT2D eigenvalue weighted by Crippen LogP contribution is 2.60. The lowest BCUT2D eigenvalue weighted by Crippen LogP contribution is -2.52. The Balaban J connectivity index is 1.88.